The van der Waals surface area contributed by atoms with Crippen LogP contribution in [-0.2, 0) is 9.63 Å². The first-order valence-electron chi connectivity index (χ1n) is 2.99. The summed E-state index contributed by atoms with van der Waals surface area (Å²) in [7, 11) is 0. The van der Waals surface area contributed by atoms with Crippen LogP contribution < -0.4 is 0 Å². The third kappa shape index (κ3) is 0.580. The van der Waals surface area contributed by atoms with Gasteiger partial charge in [0.25, 0.3) is 0 Å². The van der Waals surface area contributed by atoms with E-state index in [4.69, 9.17) is 4.84 Å². The van der Waals surface area contributed by atoms with Crippen LogP contribution in [0.1, 0.15) is 6.42 Å². The molecule has 2 aliphatic rings. The predicted octanol–water partition coefficient (Wildman–Crippen LogP) is 0.0887. The summed E-state index contributed by atoms with van der Waals surface area (Å²) in [5.41, 5.74) is 0. The van der Waals surface area contributed by atoms with Gasteiger partial charge in [-0.15, -0.1) is 0 Å². The van der Waals surface area contributed by atoms with Gasteiger partial charge in [-0.1, -0.05) is 12.2 Å². The van der Waals surface area contributed by atoms with E-state index < -0.39 is 0 Å². The van der Waals surface area contributed by atoms with E-state index in [2.05, 4.69) is 0 Å². The lowest BCUT2D eigenvalue weighted by atomic mass is 10.0. The Balaban J connectivity index is 2.14. The van der Waals surface area contributed by atoms with Crippen molar-refractivity contribution in [3.05, 3.63) is 12.2 Å². The lowest BCUT2D eigenvalue weighted by molar-refractivity contribution is -0.219. The molecular formula is C6H7NO2. The van der Waals surface area contributed by atoms with Crippen LogP contribution in [0.5, 0.6) is 0 Å². The molecule has 0 aromatic heterocycles. The average molecular weight is 125 g/mol. The van der Waals surface area contributed by atoms with E-state index in [1.165, 1.54) is 5.06 Å². The minimum atomic E-state index is 0.101. The Kier molecular flexibility index (Phi) is 0.873. The molecule has 3 nitrogen and oxygen atoms in total. The van der Waals surface area contributed by atoms with Crippen molar-refractivity contribution in [1.82, 2.24) is 5.06 Å². The standard InChI is InChI=1S/C6H7NO2/c8-6-4-5-2-1-3-9-7(5)6/h1-2,5H,3-4H2. The summed E-state index contributed by atoms with van der Waals surface area (Å²) < 4.78 is 0. The zero-order valence-corrected chi connectivity index (χ0v) is 4.91. The van der Waals surface area contributed by atoms with E-state index in [1.807, 2.05) is 12.2 Å². The first-order chi connectivity index (χ1) is 4.38. The molecule has 0 bridgehead atoms. The van der Waals surface area contributed by atoms with Crippen molar-refractivity contribution in [2.24, 2.45) is 0 Å². The van der Waals surface area contributed by atoms with Crippen LogP contribution in [0.2, 0.25) is 0 Å². The predicted molar refractivity (Wildman–Crippen MR) is 30.3 cm³/mol. The van der Waals surface area contributed by atoms with Crippen LogP contribution in [0.4, 0.5) is 0 Å². The number of amides is 1. The minimum Gasteiger partial charge on any atom is -0.272 e. The Hall–Kier alpha value is -0.830. The first kappa shape index (κ1) is 4.99. The maximum absolute atomic E-state index is 10.6. The normalized spacial score (nSPS) is 31.8. The molecule has 0 N–H and O–H groups in total. The first-order valence-corrected chi connectivity index (χ1v) is 2.99. The topological polar surface area (TPSA) is 29.5 Å². The molecule has 1 atom stereocenters. The van der Waals surface area contributed by atoms with Crippen LogP contribution in [0, 0.1) is 0 Å². The number of hydrogen-bond donors (Lipinski definition) is 0. The fourth-order valence-corrected chi connectivity index (χ4v) is 1.07. The zero-order chi connectivity index (χ0) is 6.27. The molecule has 2 heterocycles. The van der Waals surface area contributed by atoms with Crippen LogP contribution in [0.3, 0.4) is 0 Å². The molecule has 2 aliphatic heterocycles. The van der Waals surface area contributed by atoms with Gasteiger partial charge >= 0.3 is 0 Å². The molecule has 1 saturated heterocycles. The van der Waals surface area contributed by atoms with Crippen molar-refractivity contribution >= 4 is 5.91 Å². The van der Waals surface area contributed by atoms with Gasteiger partial charge in [0.2, 0.25) is 5.91 Å². The van der Waals surface area contributed by atoms with Crippen molar-refractivity contribution in [3.8, 4) is 0 Å². The Labute approximate surface area is 52.9 Å². The van der Waals surface area contributed by atoms with Crippen molar-refractivity contribution < 1.29 is 9.63 Å². The van der Waals surface area contributed by atoms with E-state index in [0.29, 0.717) is 13.0 Å². The van der Waals surface area contributed by atoms with Gasteiger partial charge in [0, 0.05) is 0 Å². The number of hydroxylamine groups is 2. The Bertz CT molecular complexity index is 176. The highest BCUT2D eigenvalue weighted by Crippen LogP contribution is 2.22. The number of carbonyl (C=O) groups is 1. The Morgan fingerprint density at radius 1 is 1.78 bits per heavy atom. The second-order valence-corrected chi connectivity index (χ2v) is 2.21. The highest BCUT2D eigenvalue weighted by Gasteiger charge is 2.36. The number of fused-ring (bicyclic) bond motifs is 1. The van der Waals surface area contributed by atoms with Crippen LogP contribution in [0.25, 0.3) is 0 Å². The SMILES string of the molecule is O=C1CC2C=CCON12. The number of rotatable bonds is 0. The highest BCUT2D eigenvalue weighted by atomic mass is 16.7. The van der Waals surface area contributed by atoms with Gasteiger partial charge in [-0.3, -0.25) is 9.63 Å². The lowest BCUT2D eigenvalue weighted by Gasteiger charge is -2.38. The summed E-state index contributed by atoms with van der Waals surface area (Å²) >= 11 is 0. The quantitative estimate of drug-likeness (QED) is 0.339. The summed E-state index contributed by atoms with van der Waals surface area (Å²) in [4.78, 5) is 15.6. The molecule has 1 amide bonds. The van der Waals surface area contributed by atoms with Crippen LogP contribution in [0.15, 0.2) is 12.2 Å². The maximum atomic E-state index is 10.6. The van der Waals surface area contributed by atoms with E-state index >= 15 is 0 Å². The molecule has 0 aromatic carbocycles. The summed E-state index contributed by atoms with van der Waals surface area (Å²) in [6.07, 6.45) is 4.56. The molecule has 0 aliphatic carbocycles. The average Bonchev–Trinajstić information content (AvgIpc) is 1.86. The number of nitrogens with zero attached hydrogens (tertiary/aromatic N) is 1. The van der Waals surface area contributed by atoms with Gasteiger partial charge in [0.15, 0.2) is 0 Å². The molecule has 3 heteroatoms. The summed E-state index contributed by atoms with van der Waals surface area (Å²) in [6.45, 7) is 0.544. The fraction of sp³-hybridized carbons (Fsp3) is 0.500. The molecular weight excluding hydrogens is 118 g/mol. The Morgan fingerprint density at radius 3 is 3.22 bits per heavy atom. The third-order valence-corrected chi connectivity index (χ3v) is 1.60. The molecule has 0 radical (unpaired) electrons. The maximum Gasteiger partial charge on any atom is 0.249 e. The monoisotopic (exact) mass is 125 g/mol. The molecule has 9 heavy (non-hydrogen) atoms. The van der Waals surface area contributed by atoms with Crippen LogP contribution >= 0.6 is 0 Å². The molecule has 0 aromatic rings. The molecule has 1 unspecified atom stereocenters. The van der Waals surface area contributed by atoms with Crippen molar-refractivity contribution in [3.63, 3.8) is 0 Å². The zero-order valence-electron chi connectivity index (χ0n) is 4.91. The largest absolute Gasteiger partial charge is 0.272 e. The van der Waals surface area contributed by atoms with Gasteiger partial charge in [0.1, 0.15) is 0 Å². The van der Waals surface area contributed by atoms with Gasteiger partial charge in [-0.25, -0.2) is 5.06 Å². The number of carbonyl (C=O) groups excluding carboxylic acids is 1. The Morgan fingerprint density at radius 2 is 2.67 bits per heavy atom. The summed E-state index contributed by atoms with van der Waals surface area (Å²) in [5, 5.41) is 1.43. The van der Waals surface area contributed by atoms with E-state index in [-0.39, 0.29) is 11.9 Å². The van der Waals surface area contributed by atoms with Gasteiger partial charge in [-0.05, 0) is 0 Å². The number of hydrogen-bond acceptors (Lipinski definition) is 2. The van der Waals surface area contributed by atoms with E-state index in [9.17, 15) is 4.79 Å². The summed E-state index contributed by atoms with van der Waals surface area (Å²) in [6, 6.07) is 0.242. The minimum absolute atomic E-state index is 0.101. The lowest BCUT2D eigenvalue weighted by Crippen LogP contribution is -2.52. The number of β-lactam (4-membered cyclic amide) rings is 1. The van der Waals surface area contributed by atoms with Crippen molar-refractivity contribution in [2.75, 3.05) is 6.61 Å². The second kappa shape index (κ2) is 1.57. The van der Waals surface area contributed by atoms with Crippen molar-refractivity contribution in [1.29, 1.82) is 0 Å². The van der Waals surface area contributed by atoms with Crippen molar-refractivity contribution in [2.45, 2.75) is 12.5 Å². The summed E-state index contributed by atoms with van der Waals surface area (Å²) in [5.74, 6) is 0.101. The third-order valence-electron chi connectivity index (χ3n) is 1.60. The molecule has 2 rings (SSSR count). The van der Waals surface area contributed by atoms with E-state index in [0.717, 1.165) is 0 Å². The van der Waals surface area contributed by atoms with Crippen LogP contribution in [-0.4, -0.2) is 23.6 Å². The second-order valence-electron chi connectivity index (χ2n) is 2.21. The van der Waals surface area contributed by atoms with Gasteiger partial charge in [-0.2, -0.15) is 0 Å². The molecule has 1 fully saturated rings. The molecule has 0 saturated carbocycles. The van der Waals surface area contributed by atoms with Gasteiger partial charge < -0.3 is 0 Å². The highest BCUT2D eigenvalue weighted by molar-refractivity contribution is 5.82. The van der Waals surface area contributed by atoms with Gasteiger partial charge in [0.05, 0.1) is 19.1 Å². The van der Waals surface area contributed by atoms with E-state index in [1.54, 1.807) is 0 Å². The fourth-order valence-electron chi connectivity index (χ4n) is 1.07. The molecule has 0 spiro atoms. The molecule has 48 valence electrons. The smallest absolute Gasteiger partial charge is 0.249 e.